The van der Waals surface area contributed by atoms with E-state index in [9.17, 15) is 0 Å². The summed E-state index contributed by atoms with van der Waals surface area (Å²) in [7, 11) is 0. The van der Waals surface area contributed by atoms with Crippen molar-refractivity contribution in [3.8, 4) is 5.75 Å². The molecule has 0 bridgehead atoms. The van der Waals surface area contributed by atoms with Crippen LogP contribution in [0.5, 0.6) is 5.75 Å². The van der Waals surface area contributed by atoms with Crippen molar-refractivity contribution in [2.45, 2.75) is 13.3 Å². The molecule has 0 radical (unpaired) electrons. The van der Waals surface area contributed by atoms with Gasteiger partial charge in [-0.05, 0) is 54.4 Å². The van der Waals surface area contributed by atoms with Gasteiger partial charge in [-0.15, -0.1) is 0 Å². The van der Waals surface area contributed by atoms with Crippen molar-refractivity contribution in [2.75, 3.05) is 0 Å². The number of thiocarbonyl (C=S) groups is 1. The van der Waals surface area contributed by atoms with Crippen LogP contribution in [0.4, 0.5) is 0 Å². The van der Waals surface area contributed by atoms with Crippen LogP contribution in [-0.2, 0) is 6.42 Å². The lowest BCUT2D eigenvalue weighted by Crippen LogP contribution is -1.98. The van der Waals surface area contributed by atoms with Crippen molar-refractivity contribution in [2.24, 2.45) is 0 Å². The molecule has 2 rings (SSSR count). The van der Waals surface area contributed by atoms with Crippen LogP contribution in [0, 0.1) is 6.92 Å². The van der Waals surface area contributed by atoms with Crippen molar-refractivity contribution in [3.05, 3.63) is 65.2 Å². The summed E-state index contributed by atoms with van der Waals surface area (Å²) >= 11 is 8.80. The number of hydrogen-bond acceptors (Lipinski definition) is 2. The second kappa shape index (κ2) is 6.03. The van der Waals surface area contributed by atoms with E-state index in [-0.39, 0.29) is 4.38 Å². The second-order valence-electron chi connectivity index (χ2n) is 4.12. The Bertz CT molecular complexity index is 550. The van der Waals surface area contributed by atoms with Crippen molar-refractivity contribution < 1.29 is 4.74 Å². The van der Waals surface area contributed by atoms with E-state index in [1.165, 1.54) is 16.7 Å². The number of benzene rings is 2. The molecule has 0 unspecified atom stereocenters. The zero-order valence-electron chi connectivity index (χ0n) is 10.1. The van der Waals surface area contributed by atoms with Crippen LogP contribution < -0.4 is 4.74 Å². The Morgan fingerprint density at radius 3 is 2.56 bits per heavy atom. The molecule has 0 spiro atoms. The molecule has 1 nitrogen and oxygen atoms in total. The molecule has 92 valence electrons. The van der Waals surface area contributed by atoms with E-state index in [0.29, 0.717) is 0 Å². The molecule has 0 aliphatic heterocycles. The first-order chi connectivity index (χ1) is 8.65. The predicted molar refractivity (Wildman–Crippen MR) is 82.6 cm³/mol. The second-order valence-corrected chi connectivity index (χ2v) is 5.20. The topological polar surface area (TPSA) is 9.23 Å². The Labute approximate surface area is 118 Å². The first kappa shape index (κ1) is 13.1. The van der Waals surface area contributed by atoms with E-state index in [2.05, 4.69) is 31.7 Å². The summed E-state index contributed by atoms with van der Waals surface area (Å²) in [5.74, 6) is 0.742. The average Bonchev–Trinajstić information content (AvgIpc) is 2.34. The van der Waals surface area contributed by atoms with Crippen LogP contribution in [0.2, 0.25) is 0 Å². The maximum Gasteiger partial charge on any atom is 0.222 e. The van der Waals surface area contributed by atoms with Crippen molar-refractivity contribution >= 4 is 29.2 Å². The third-order valence-electron chi connectivity index (χ3n) is 2.76. The first-order valence-electron chi connectivity index (χ1n) is 5.69. The molecule has 0 heterocycles. The Morgan fingerprint density at radius 2 is 1.89 bits per heavy atom. The van der Waals surface area contributed by atoms with Gasteiger partial charge in [0.15, 0.2) is 0 Å². The molecule has 18 heavy (non-hydrogen) atoms. The third-order valence-corrected chi connectivity index (χ3v) is 2.94. The fourth-order valence-electron chi connectivity index (χ4n) is 1.82. The maximum absolute atomic E-state index is 5.34. The molecular weight excluding hydrogens is 260 g/mol. The minimum absolute atomic E-state index is 0.240. The third kappa shape index (κ3) is 3.59. The summed E-state index contributed by atoms with van der Waals surface area (Å²) in [6.07, 6.45) is 0.892. The van der Waals surface area contributed by atoms with Crippen molar-refractivity contribution in [1.82, 2.24) is 0 Å². The maximum atomic E-state index is 5.34. The Kier molecular flexibility index (Phi) is 4.39. The van der Waals surface area contributed by atoms with E-state index in [1.807, 2.05) is 36.4 Å². The zero-order valence-corrected chi connectivity index (χ0v) is 11.8. The van der Waals surface area contributed by atoms with Crippen LogP contribution in [0.1, 0.15) is 16.7 Å². The summed E-state index contributed by atoms with van der Waals surface area (Å²) in [5, 5.41) is 0. The normalized spacial score (nSPS) is 10.1. The lowest BCUT2D eigenvalue weighted by molar-refractivity contribution is 0.578. The molecule has 0 saturated carbocycles. The molecule has 2 aromatic carbocycles. The smallest absolute Gasteiger partial charge is 0.222 e. The van der Waals surface area contributed by atoms with Crippen LogP contribution >= 0.6 is 24.8 Å². The summed E-state index contributed by atoms with van der Waals surface area (Å²) in [6.45, 7) is 2.10. The van der Waals surface area contributed by atoms with Crippen LogP contribution in [0.15, 0.2) is 48.5 Å². The van der Waals surface area contributed by atoms with Gasteiger partial charge < -0.3 is 4.74 Å². The van der Waals surface area contributed by atoms with Gasteiger partial charge in [0.05, 0.1) is 0 Å². The average molecular weight is 274 g/mol. The quantitative estimate of drug-likeness (QED) is 0.664. The van der Waals surface area contributed by atoms with E-state index >= 15 is 0 Å². The fourth-order valence-corrected chi connectivity index (χ4v) is 2.02. The molecule has 2 aromatic rings. The molecule has 0 N–H and O–H groups in total. The summed E-state index contributed by atoms with van der Waals surface area (Å²) in [6, 6.07) is 16.3. The number of aryl methyl sites for hydroxylation is 1. The van der Waals surface area contributed by atoms with Gasteiger partial charge >= 0.3 is 0 Å². The Balaban J connectivity index is 2.24. The monoisotopic (exact) mass is 274 g/mol. The minimum Gasteiger partial charge on any atom is -0.440 e. The van der Waals surface area contributed by atoms with E-state index in [1.54, 1.807) is 0 Å². The van der Waals surface area contributed by atoms with Gasteiger partial charge in [-0.25, -0.2) is 0 Å². The summed E-state index contributed by atoms with van der Waals surface area (Å²) in [5.41, 5.74) is 3.77. The molecular formula is C15H14OS2. The van der Waals surface area contributed by atoms with Crippen LogP contribution in [0.3, 0.4) is 0 Å². The van der Waals surface area contributed by atoms with Gasteiger partial charge in [0.25, 0.3) is 0 Å². The Hall–Kier alpha value is -1.32. The SMILES string of the molecule is Cc1ccc(OC(=S)S)cc1Cc1ccccc1. The molecule has 0 amide bonds. The lowest BCUT2D eigenvalue weighted by atomic mass is 10.0. The summed E-state index contributed by atoms with van der Waals surface area (Å²) < 4.78 is 5.58. The van der Waals surface area contributed by atoms with Gasteiger partial charge in [-0.1, -0.05) is 49.0 Å². The van der Waals surface area contributed by atoms with Crippen molar-refractivity contribution in [3.63, 3.8) is 0 Å². The molecule has 0 aliphatic rings. The molecule has 0 fully saturated rings. The fraction of sp³-hybridized carbons (Fsp3) is 0.133. The van der Waals surface area contributed by atoms with Gasteiger partial charge in [0.2, 0.25) is 4.38 Å². The van der Waals surface area contributed by atoms with Crippen LogP contribution in [-0.4, -0.2) is 4.38 Å². The van der Waals surface area contributed by atoms with Gasteiger partial charge in [-0.3, -0.25) is 0 Å². The van der Waals surface area contributed by atoms with E-state index < -0.39 is 0 Å². The Morgan fingerprint density at radius 1 is 1.17 bits per heavy atom. The molecule has 0 atom stereocenters. The highest BCUT2D eigenvalue weighted by Gasteiger charge is 2.03. The highest BCUT2D eigenvalue weighted by molar-refractivity contribution is 8.10. The standard InChI is InChI=1S/C15H14OS2/c1-11-7-8-14(16-15(17)18)10-13(11)9-12-5-3-2-4-6-12/h2-8,10H,9H2,1H3,(H,17,18). The lowest BCUT2D eigenvalue weighted by Gasteiger charge is -2.09. The predicted octanol–water partition coefficient (Wildman–Crippen LogP) is 4.18. The highest BCUT2D eigenvalue weighted by Crippen LogP contribution is 2.21. The van der Waals surface area contributed by atoms with E-state index in [4.69, 9.17) is 17.0 Å². The largest absolute Gasteiger partial charge is 0.440 e. The van der Waals surface area contributed by atoms with Gasteiger partial charge in [0, 0.05) is 0 Å². The summed E-state index contributed by atoms with van der Waals surface area (Å²) in [4.78, 5) is 0. The molecule has 3 heteroatoms. The van der Waals surface area contributed by atoms with Gasteiger partial charge in [0.1, 0.15) is 5.75 Å². The van der Waals surface area contributed by atoms with Crippen LogP contribution in [0.25, 0.3) is 0 Å². The molecule has 0 saturated heterocycles. The number of rotatable bonds is 3. The molecule has 0 aromatic heterocycles. The van der Waals surface area contributed by atoms with Crippen molar-refractivity contribution in [1.29, 1.82) is 0 Å². The minimum atomic E-state index is 0.240. The zero-order chi connectivity index (χ0) is 13.0. The molecule has 0 aliphatic carbocycles. The van der Waals surface area contributed by atoms with Gasteiger partial charge in [-0.2, -0.15) is 0 Å². The number of ether oxygens (including phenoxy) is 1. The first-order valence-corrected chi connectivity index (χ1v) is 6.55. The number of hydrogen-bond donors (Lipinski definition) is 1. The highest BCUT2D eigenvalue weighted by atomic mass is 32.1. The number of thiol groups is 1. The van der Waals surface area contributed by atoms with E-state index in [0.717, 1.165) is 12.2 Å².